The number of para-hydroxylation sites is 2. The van der Waals surface area contributed by atoms with Crippen molar-refractivity contribution in [2.75, 3.05) is 26.2 Å². The third-order valence-electron chi connectivity index (χ3n) is 5.66. The van der Waals surface area contributed by atoms with Gasteiger partial charge < -0.3 is 24.8 Å². The number of nitrogens with one attached hydrogen (secondary N) is 2. The molecule has 2 aliphatic heterocycles. The summed E-state index contributed by atoms with van der Waals surface area (Å²) in [4.78, 5) is 14.5. The molecule has 32 heavy (non-hydrogen) atoms. The summed E-state index contributed by atoms with van der Waals surface area (Å²) in [5.74, 6) is 1.11. The molecule has 4 rings (SSSR count). The van der Waals surface area contributed by atoms with Crippen molar-refractivity contribution in [3.63, 3.8) is 0 Å². The molecule has 2 atom stereocenters. The zero-order valence-corrected chi connectivity index (χ0v) is 19.1. The second-order valence-corrected chi connectivity index (χ2v) is 8.84. The van der Waals surface area contributed by atoms with E-state index in [1.165, 1.54) is 0 Å². The van der Waals surface area contributed by atoms with Gasteiger partial charge >= 0.3 is 0 Å². The number of carbonyl (C=O) groups excluding carboxylic acids is 1. The normalized spacial score (nSPS) is 19.8. The van der Waals surface area contributed by atoms with Crippen LogP contribution in [0.25, 0.3) is 0 Å². The van der Waals surface area contributed by atoms with Crippen LogP contribution in [0.4, 0.5) is 0 Å². The zero-order chi connectivity index (χ0) is 22.5. The molecular formula is C23H26ClN3O4S. The lowest BCUT2D eigenvalue weighted by atomic mass is 10.0. The van der Waals surface area contributed by atoms with Gasteiger partial charge in [-0.05, 0) is 61.5 Å². The first-order chi connectivity index (χ1) is 15.5. The number of benzene rings is 2. The molecule has 0 spiro atoms. The highest BCUT2D eigenvalue weighted by Crippen LogP contribution is 2.31. The minimum atomic E-state index is -0.646. The predicted molar refractivity (Wildman–Crippen MR) is 126 cm³/mol. The van der Waals surface area contributed by atoms with Gasteiger partial charge in [-0.3, -0.25) is 10.1 Å². The Morgan fingerprint density at radius 2 is 1.84 bits per heavy atom. The summed E-state index contributed by atoms with van der Waals surface area (Å²) >= 11 is 11.2. The van der Waals surface area contributed by atoms with E-state index in [1.807, 2.05) is 24.3 Å². The van der Waals surface area contributed by atoms with E-state index in [0.29, 0.717) is 40.3 Å². The average molecular weight is 476 g/mol. The second kappa shape index (κ2) is 10.5. The van der Waals surface area contributed by atoms with Gasteiger partial charge in [0.25, 0.3) is 5.91 Å². The number of piperidine rings is 1. The standard InChI is InChI=1S/C23H26ClN3O4S/c24-16-7-5-15(6-8-16)22(29)26-23(32)25-17-9-11-27(12-10-17)13-18(28)21-14-30-19-3-1-2-4-20(19)31-21/h1-8,17-18,21,28H,9-14H2,(H2,25,26,29,32). The van der Waals surface area contributed by atoms with Crippen molar-refractivity contribution in [3.05, 3.63) is 59.1 Å². The Morgan fingerprint density at radius 3 is 2.56 bits per heavy atom. The number of nitrogens with zero attached hydrogens (tertiary/aromatic N) is 1. The van der Waals surface area contributed by atoms with Crippen molar-refractivity contribution in [1.82, 2.24) is 15.5 Å². The number of β-amino-alcohol motifs (C(OH)–C–C–N with tert-alkyl or cyclic N) is 1. The number of thiocarbonyl (C=S) groups is 1. The molecule has 9 heteroatoms. The first-order valence-electron chi connectivity index (χ1n) is 10.6. The summed E-state index contributed by atoms with van der Waals surface area (Å²) in [6.07, 6.45) is 0.673. The van der Waals surface area contributed by atoms with E-state index < -0.39 is 12.2 Å². The lowest BCUT2D eigenvalue weighted by Crippen LogP contribution is -2.52. The molecule has 2 heterocycles. The molecule has 0 aromatic heterocycles. The molecule has 0 aliphatic carbocycles. The van der Waals surface area contributed by atoms with Crippen LogP contribution in [0.15, 0.2) is 48.5 Å². The monoisotopic (exact) mass is 475 g/mol. The van der Waals surface area contributed by atoms with Crippen LogP contribution in [0.1, 0.15) is 23.2 Å². The second-order valence-electron chi connectivity index (χ2n) is 7.99. The van der Waals surface area contributed by atoms with Gasteiger partial charge in [0.1, 0.15) is 12.7 Å². The first-order valence-corrected chi connectivity index (χ1v) is 11.4. The molecule has 1 saturated heterocycles. The Morgan fingerprint density at radius 1 is 1.16 bits per heavy atom. The van der Waals surface area contributed by atoms with Crippen LogP contribution >= 0.6 is 23.8 Å². The fraction of sp³-hybridized carbons (Fsp3) is 0.391. The minimum absolute atomic E-state index is 0.169. The van der Waals surface area contributed by atoms with Gasteiger partial charge in [0.05, 0.1) is 0 Å². The predicted octanol–water partition coefficient (Wildman–Crippen LogP) is 2.61. The number of carbonyl (C=O) groups is 1. The molecule has 0 bridgehead atoms. The summed E-state index contributed by atoms with van der Waals surface area (Å²) in [5, 5.41) is 17.5. The number of ether oxygens (including phenoxy) is 2. The van der Waals surface area contributed by atoms with Crippen LogP contribution in [0, 0.1) is 0 Å². The Balaban J connectivity index is 1.18. The Bertz CT molecular complexity index is 951. The maximum absolute atomic E-state index is 12.3. The van der Waals surface area contributed by atoms with E-state index >= 15 is 0 Å². The van der Waals surface area contributed by atoms with Crippen molar-refractivity contribution < 1.29 is 19.4 Å². The van der Waals surface area contributed by atoms with E-state index in [1.54, 1.807) is 24.3 Å². The van der Waals surface area contributed by atoms with E-state index in [2.05, 4.69) is 15.5 Å². The fourth-order valence-corrected chi connectivity index (χ4v) is 4.25. The number of likely N-dealkylation sites (tertiary alicyclic amines) is 1. The Labute approximate surface area is 197 Å². The molecule has 2 aromatic carbocycles. The highest BCUT2D eigenvalue weighted by molar-refractivity contribution is 7.80. The van der Waals surface area contributed by atoms with Crippen LogP contribution in [0.3, 0.4) is 0 Å². The number of hydrogen-bond donors (Lipinski definition) is 3. The van der Waals surface area contributed by atoms with Crippen LogP contribution in [0.2, 0.25) is 5.02 Å². The molecule has 2 aliphatic rings. The van der Waals surface area contributed by atoms with E-state index in [0.717, 1.165) is 25.9 Å². The van der Waals surface area contributed by atoms with Gasteiger partial charge in [0.2, 0.25) is 0 Å². The lowest BCUT2D eigenvalue weighted by molar-refractivity contribution is -0.0281. The summed E-state index contributed by atoms with van der Waals surface area (Å²) in [6.45, 7) is 2.47. The van der Waals surface area contributed by atoms with Gasteiger partial charge in [-0.15, -0.1) is 0 Å². The lowest BCUT2D eigenvalue weighted by Gasteiger charge is -2.36. The van der Waals surface area contributed by atoms with Crippen LogP contribution in [0.5, 0.6) is 11.5 Å². The number of hydrogen-bond acceptors (Lipinski definition) is 6. The van der Waals surface area contributed by atoms with Gasteiger partial charge in [-0.2, -0.15) is 0 Å². The number of halogens is 1. The van der Waals surface area contributed by atoms with Gasteiger partial charge in [0.15, 0.2) is 22.7 Å². The SMILES string of the molecule is O=C(NC(=S)NC1CCN(CC(O)C2COc3ccccc3O2)CC1)c1ccc(Cl)cc1. The third-order valence-corrected chi connectivity index (χ3v) is 6.13. The molecule has 1 fully saturated rings. The Kier molecular flexibility index (Phi) is 7.47. The molecule has 0 saturated carbocycles. The van der Waals surface area contributed by atoms with E-state index in [4.69, 9.17) is 33.3 Å². The van der Waals surface area contributed by atoms with Crippen LogP contribution < -0.4 is 20.1 Å². The highest BCUT2D eigenvalue weighted by atomic mass is 35.5. The summed E-state index contributed by atoms with van der Waals surface area (Å²) in [7, 11) is 0. The molecular weight excluding hydrogens is 450 g/mol. The van der Waals surface area contributed by atoms with Gasteiger partial charge in [0, 0.05) is 36.3 Å². The third kappa shape index (κ3) is 5.89. The average Bonchev–Trinajstić information content (AvgIpc) is 2.80. The molecule has 3 N–H and O–H groups in total. The fourth-order valence-electron chi connectivity index (χ4n) is 3.87. The van der Waals surface area contributed by atoms with Gasteiger partial charge in [-0.25, -0.2) is 0 Å². The maximum atomic E-state index is 12.3. The number of rotatable bonds is 5. The quantitative estimate of drug-likeness (QED) is 0.573. The molecule has 2 unspecified atom stereocenters. The molecule has 170 valence electrons. The number of fused-ring (bicyclic) bond motifs is 1. The van der Waals surface area contributed by atoms with Crippen LogP contribution in [-0.4, -0.2) is 65.5 Å². The molecule has 2 aromatic rings. The Hall–Kier alpha value is -2.39. The summed E-state index contributed by atoms with van der Waals surface area (Å²) in [5.41, 5.74) is 0.499. The van der Waals surface area contributed by atoms with Crippen molar-refractivity contribution in [2.45, 2.75) is 31.1 Å². The number of aliphatic hydroxyl groups excluding tert-OH is 1. The number of aliphatic hydroxyl groups is 1. The van der Waals surface area contributed by atoms with Crippen molar-refractivity contribution in [3.8, 4) is 11.5 Å². The van der Waals surface area contributed by atoms with E-state index in [-0.39, 0.29) is 11.9 Å². The van der Waals surface area contributed by atoms with Gasteiger partial charge in [-0.1, -0.05) is 23.7 Å². The summed E-state index contributed by atoms with van der Waals surface area (Å²) < 4.78 is 11.6. The zero-order valence-electron chi connectivity index (χ0n) is 17.5. The first kappa shape index (κ1) is 22.8. The minimum Gasteiger partial charge on any atom is -0.486 e. The molecule has 0 radical (unpaired) electrons. The van der Waals surface area contributed by atoms with Crippen molar-refractivity contribution >= 4 is 34.8 Å². The van der Waals surface area contributed by atoms with Crippen molar-refractivity contribution in [1.29, 1.82) is 0 Å². The van der Waals surface area contributed by atoms with Crippen LogP contribution in [-0.2, 0) is 0 Å². The number of amides is 1. The largest absolute Gasteiger partial charge is 0.486 e. The topological polar surface area (TPSA) is 83.1 Å². The highest BCUT2D eigenvalue weighted by Gasteiger charge is 2.30. The van der Waals surface area contributed by atoms with E-state index in [9.17, 15) is 9.90 Å². The molecule has 7 nitrogen and oxygen atoms in total. The summed E-state index contributed by atoms with van der Waals surface area (Å²) in [6, 6.07) is 14.3. The maximum Gasteiger partial charge on any atom is 0.257 e. The van der Waals surface area contributed by atoms with Crippen molar-refractivity contribution in [2.24, 2.45) is 0 Å². The smallest absolute Gasteiger partial charge is 0.257 e. The molecule has 1 amide bonds.